The van der Waals surface area contributed by atoms with Gasteiger partial charge >= 0.3 is 0 Å². The first-order valence-electron chi connectivity index (χ1n) is 5.03. The second-order valence-corrected chi connectivity index (χ2v) is 4.74. The summed E-state index contributed by atoms with van der Waals surface area (Å²) >= 11 is 2.30. The molecule has 82 valence electrons. The van der Waals surface area contributed by atoms with Gasteiger partial charge in [0.2, 0.25) is 0 Å². The summed E-state index contributed by atoms with van der Waals surface area (Å²) in [7, 11) is 0. The molecule has 1 aromatic rings. The molecular formula is C11H14INO2. The van der Waals surface area contributed by atoms with Gasteiger partial charge in [0.15, 0.2) is 0 Å². The third-order valence-corrected chi connectivity index (χ3v) is 3.07. The van der Waals surface area contributed by atoms with Crippen molar-refractivity contribution in [2.75, 3.05) is 25.3 Å². The molecule has 1 aliphatic heterocycles. The van der Waals surface area contributed by atoms with Gasteiger partial charge in [0.1, 0.15) is 6.79 Å². The minimum Gasteiger partial charge on any atom is -0.382 e. The van der Waals surface area contributed by atoms with Gasteiger partial charge in [-0.25, -0.2) is 0 Å². The fourth-order valence-corrected chi connectivity index (χ4v) is 1.82. The summed E-state index contributed by atoms with van der Waals surface area (Å²) in [5, 5.41) is 3.36. The fourth-order valence-electron chi connectivity index (χ4n) is 1.46. The van der Waals surface area contributed by atoms with E-state index in [9.17, 15) is 0 Å². The Morgan fingerprint density at radius 1 is 1.33 bits per heavy atom. The number of anilines is 1. The average molecular weight is 319 g/mol. The van der Waals surface area contributed by atoms with Crippen molar-refractivity contribution in [2.45, 2.75) is 12.5 Å². The van der Waals surface area contributed by atoms with Crippen LogP contribution in [0, 0.1) is 3.57 Å². The van der Waals surface area contributed by atoms with E-state index in [4.69, 9.17) is 9.47 Å². The maximum atomic E-state index is 5.44. The highest BCUT2D eigenvalue weighted by Gasteiger charge is 2.13. The summed E-state index contributed by atoms with van der Waals surface area (Å²) in [4.78, 5) is 0. The van der Waals surface area contributed by atoms with Crippen LogP contribution >= 0.6 is 22.6 Å². The van der Waals surface area contributed by atoms with E-state index < -0.39 is 0 Å². The van der Waals surface area contributed by atoms with Gasteiger partial charge in [-0.1, -0.05) is 0 Å². The van der Waals surface area contributed by atoms with E-state index in [0.717, 1.165) is 25.3 Å². The van der Waals surface area contributed by atoms with E-state index in [-0.39, 0.29) is 6.10 Å². The topological polar surface area (TPSA) is 30.5 Å². The van der Waals surface area contributed by atoms with Crippen molar-refractivity contribution in [3.63, 3.8) is 0 Å². The van der Waals surface area contributed by atoms with Crippen molar-refractivity contribution in [1.29, 1.82) is 0 Å². The molecule has 2 rings (SSSR count). The standard InChI is InChI=1S/C11H14INO2/c12-9-1-3-10(4-2-9)13-7-11-5-6-14-8-15-11/h1-4,11,13H,5-8H2. The van der Waals surface area contributed by atoms with E-state index in [2.05, 4.69) is 52.2 Å². The quantitative estimate of drug-likeness (QED) is 0.868. The Morgan fingerprint density at radius 2 is 2.13 bits per heavy atom. The van der Waals surface area contributed by atoms with Crippen molar-refractivity contribution >= 4 is 28.3 Å². The molecule has 1 N–H and O–H groups in total. The Labute approximate surface area is 103 Å². The Balaban J connectivity index is 1.79. The number of hydrogen-bond acceptors (Lipinski definition) is 3. The Hall–Kier alpha value is -0.330. The minimum atomic E-state index is 0.276. The lowest BCUT2D eigenvalue weighted by molar-refractivity contribution is -0.133. The molecule has 4 heteroatoms. The van der Waals surface area contributed by atoms with Crippen molar-refractivity contribution in [3.05, 3.63) is 27.8 Å². The zero-order chi connectivity index (χ0) is 10.5. The minimum absolute atomic E-state index is 0.276. The monoisotopic (exact) mass is 319 g/mol. The van der Waals surface area contributed by atoms with Crippen LogP contribution in [0.25, 0.3) is 0 Å². The Morgan fingerprint density at radius 3 is 2.80 bits per heavy atom. The van der Waals surface area contributed by atoms with Crippen LogP contribution in [0.5, 0.6) is 0 Å². The van der Waals surface area contributed by atoms with Crippen molar-refractivity contribution in [2.24, 2.45) is 0 Å². The van der Waals surface area contributed by atoms with Crippen molar-refractivity contribution in [1.82, 2.24) is 0 Å². The van der Waals surface area contributed by atoms with Gasteiger partial charge in [0.05, 0.1) is 12.7 Å². The fraction of sp³-hybridized carbons (Fsp3) is 0.455. The molecule has 1 unspecified atom stereocenters. The maximum Gasteiger partial charge on any atom is 0.147 e. The highest BCUT2D eigenvalue weighted by atomic mass is 127. The van der Waals surface area contributed by atoms with Gasteiger partial charge in [-0.2, -0.15) is 0 Å². The third kappa shape index (κ3) is 3.62. The Kier molecular flexibility index (Phi) is 4.22. The second kappa shape index (κ2) is 5.67. The lowest BCUT2D eigenvalue weighted by Crippen LogP contribution is -2.30. The number of ether oxygens (including phenoxy) is 2. The normalized spacial score (nSPS) is 21.3. The van der Waals surface area contributed by atoms with Gasteiger partial charge in [-0.05, 0) is 53.3 Å². The molecule has 0 radical (unpaired) electrons. The van der Waals surface area contributed by atoms with Gasteiger partial charge in [0.25, 0.3) is 0 Å². The lowest BCUT2D eigenvalue weighted by atomic mass is 10.2. The highest BCUT2D eigenvalue weighted by Crippen LogP contribution is 2.12. The van der Waals surface area contributed by atoms with E-state index >= 15 is 0 Å². The van der Waals surface area contributed by atoms with Crippen LogP contribution in [0.4, 0.5) is 5.69 Å². The van der Waals surface area contributed by atoms with Gasteiger partial charge < -0.3 is 14.8 Å². The van der Waals surface area contributed by atoms with Crippen LogP contribution in [0.2, 0.25) is 0 Å². The number of nitrogens with one attached hydrogen (secondary N) is 1. The lowest BCUT2D eigenvalue weighted by Gasteiger charge is -2.23. The average Bonchev–Trinajstić information content (AvgIpc) is 2.30. The molecule has 1 atom stereocenters. The van der Waals surface area contributed by atoms with Crippen LogP contribution in [0.1, 0.15) is 6.42 Å². The molecule has 1 aromatic carbocycles. The highest BCUT2D eigenvalue weighted by molar-refractivity contribution is 14.1. The predicted molar refractivity (Wildman–Crippen MR) is 68.0 cm³/mol. The molecule has 1 aliphatic rings. The van der Waals surface area contributed by atoms with Crippen molar-refractivity contribution < 1.29 is 9.47 Å². The molecule has 1 fully saturated rings. The smallest absolute Gasteiger partial charge is 0.147 e. The first-order chi connectivity index (χ1) is 7.34. The van der Waals surface area contributed by atoms with Crippen LogP contribution in [-0.4, -0.2) is 26.0 Å². The first-order valence-corrected chi connectivity index (χ1v) is 6.11. The summed E-state index contributed by atoms with van der Waals surface area (Å²) in [5.74, 6) is 0. The van der Waals surface area contributed by atoms with E-state index in [1.165, 1.54) is 3.57 Å². The molecule has 1 saturated heterocycles. The van der Waals surface area contributed by atoms with Gasteiger partial charge in [0, 0.05) is 15.8 Å². The Bertz CT molecular complexity index is 296. The number of benzene rings is 1. The largest absolute Gasteiger partial charge is 0.382 e. The molecule has 0 aliphatic carbocycles. The summed E-state index contributed by atoms with van der Waals surface area (Å²) in [6.07, 6.45) is 1.25. The van der Waals surface area contributed by atoms with Crippen LogP contribution in [0.15, 0.2) is 24.3 Å². The molecule has 0 spiro atoms. The first kappa shape index (κ1) is 11.2. The number of halogens is 1. The van der Waals surface area contributed by atoms with Gasteiger partial charge in [-0.15, -0.1) is 0 Å². The van der Waals surface area contributed by atoms with Crippen molar-refractivity contribution in [3.8, 4) is 0 Å². The molecule has 0 bridgehead atoms. The zero-order valence-corrected chi connectivity index (χ0v) is 10.6. The summed E-state index contributed by atoms with van der Waals surface area (Å²) in [6, 6.07) is 8.35. The molecule has 0 saturated carbocycles. The number of hydrogen-bond donors (Lipinski definition) is 1. The molecule has 0 aromatic heterocycles. The number of rotatable bonds is 3. The molecular weight excluding hydrogens is 305 g/mol. The molecule has 3 nitrogen and oxygen atoms in total. The van der Waals surface area contributed by atoms with Crippen LogP contribution < -0.4 is 5.32 Å². The molecule has 15 heavy (non-hydrogen) atoms. The van der Waals surface area contributed by atoms with E-state index in [0.29, 0.717) is 6.79 Å². The van der Waals surface area contributed by atoms with Crippen LogP contribution in [0.3, 0.4) is 0 Å². The summed E-state index contributed by atoms with van der Waals surface area (Å²) in [5.41, 5.74) is 1.14. The summed E-state index contributed by atoms with van der Waals surface area (Å²) in [6.45, 7) is 2.09. The zero-order valence-electron chi connectivity index (χ0n) is 8.41. The summed E-state index contributed by atoms with van der Waals surface area (Å²) < 4.78 is 11.8. The maximum absolute atomic E-state index is 5.44. The molecule has 0 amide bonds. The third-order valence-electron chi connectivity index (χ3n) is 2.35. The predicted octanol–water partition coefficient (Wildman–Crippen LogP) is 2.47. The van der Waals surface area contributed by atoms with E-state index in [1.54, 1.807) is 0 Å². The molecule has 1 heterocycles. The van der Waals surface area contributed by atoms with Gasteiger partial charge in [-0.3, -0.25) is 0 Å². The SMILES string of the molecule is Ic1ccc(NCC2CCOCO2)cc1. The van der Waals surface area contributed by atoms with Crippen LogP contribution in [-0.2, 0) is 9.47 Å². The van der Waals surface area contributed by atoms with E-state index in [1.807, 2.05) is 0 Å². The second-order valence-electron chi connectivity index (χ2n) is 3.49.